The first-order valence-corrected chi connectivity index (χ1v) is 8.71. The van der Waals surface area contributed by atoms with Crippen molar-refractivity contribution in [2.24, 2.45) is 0 Å². The number of aromatic nitrogens is 4. The third-order valence-electron chi connectivity index (χ3n) is 3.34. The maximum Gasteiger partial charge on any atom is 0.231 e. The highest BCUT2D eigenvalue weighted by Crippen LogP contribution is 2.10. The lowest BCUT2D eigenvalue weighted by Crippen LogP contribution is -2.38. The molecule has 0 radical (unpaired) electrons. The second-order valence-corrected chi connectivity index (χ2v) is 5.98. The van der Waals surface area contributed by atoms with Crippen molar-refractivity contribution in [3.63, 3.8) is 0 Å². The predicted molar refractivity (Wildman–Crippen MR) is 87.7 cm³/mol. The fraction of sp³-hybridized carbons (Fsp3) is 0.571. The van der Waals surface area contributed by atoms with Gasteiger partial charge in [0.25, 0.3) is 0 Å². The van der Waals surface area contributed by atoms with E-state index in [1.165, 1.54) is 7.11 Å². The van der Waals surface area contributed by atoms with Crippen LogP contribution in [0.4, 0.5) is 0 Å². The lowest BCUT2D eigenvalue weighted by Gasteiger charge is -2.15. The number of rotatable bonds is 9. The van der Waals surface area contributed by atoms with Gasteiger partial charge in [0.1, 0.15) is 0 Å². The van der Waals surface area contributed by atoms with Crippen molar-refractivity contribution < 1.29 is 14.6 Å². The molecule has 0 unspecified atom stereocenters. The van der Waals surface area contributed by atoms with Crippen molar-refractivity contribution in [3.05, 3.63) is 18.0 Å². The number of aryl methyl sites for hydroxylation is 1. The number of hydrogen-bond donors (Lipinski definition) is 2. The average molecular weight is 339 g/mol. The maximum absolute atomic E-state index is 12.0. The van der Waals surface area contributed by atoms with Crippen LogP contribution >= 0.6 is 11.8 Å². The summed E-state index contributed by atoms with van der Waals surface area (Å²) in [5, 5.41) is 24.4. The first kappa shape index (κ1) is 17.5. The average Bonchev–Trinajstić information content (AvgIpc) is 2.98. The third kappa shape index (κ3) is 4.80. The van der Waals surface area contributed by atoms with Crippen LogP contribution in [0.15, 0.2) is 12.1 Å². The third-order valence-corrected chi connectivity index (χ3v) is 3.99. The number of carbonyl (C=O) groups excluding carboxylic acids is 1. The fourth-order valence-electron chi connectivity index (χ4n) is 2.08. The SMILES string of the molecule is COc1ccc2nnc(CCC(=O)N[C@H](CO)CCSC)n2n1. The number of thioether (sulfide) groups is 1. The number of fused-ring (bicyclic) bond motifs is 1. The minimum atomic E-state index is -0.205. The molecule has 0 aliphatic carbocycles. The Bertz CT molecular complexity index is 648. The Morgan fingerprint density at radius 1 is 1.48 bits per heavy atom. The van der Waals surface area contributed by atoms with E-state index in [2.05, 4.69) is 20.6 Å². The van der Waals surface area contributed by atoms with Crippen LogP contribution in [-0.2, 0) is 11.2 Å². The van der Waals surface area contributed by atoms with Gasteiger partial charge in [0, 0.05) is 18.9 Å². The lowest BCUT2D eigenvalue weighted by atomic mass is 10.2. The van der Waals surface area contributed by atoms with Crippen molar-refractivity contribution in [2.75, 3.05) is 25.7 Å². The van der Waals surface area contributed by atoms with E-state index in [0.717, 1.165) is 12.2 Å². The largest absolute Gasteiger partial charge is 0.480 e. The molecule has 2 aromatic heterocycles. The standard InChI is InChI=1S/C14H21N5O3S/c1-22-14-6-4-12-17-16-11(19(12)18-14)3-5-13(21)15-10(9-20)7-8-23-2/h4,6,10,20H,3,5,7-9H2,1-2H3,(H,15,21)/t10-/m0/s1. The fourth-order valence-corrected chi connectivity index (χ4v) is 2.60. The number of aliphatic hydroxyl groups excluding tert-OH is 1. The normalized spacial score (nSPS) is 12.3. The van der Waals surface area contributed by atoms with Gasteiger partial charge in [0.2, 0.25) is 11.8 Å². The zero-order chi connectivity index (χ0) is 16.7. The van der Waals surface area contributed by atoms with E-state index < -0.39 is 0 Å². The van der Waals surface area contributed by atoms with Gasteiger partial charge in [-0.15, -0.1) is 15.3 Å². The summed E-state index contributed by atoms with van der Waals surface area (Å²) in [5.41, 5.74) is 0.606. The molecule has 1 atom stereocenters. The Morgan fingerprint density at radius 2 is 2.30 bits per heavy atom. The van der Waals surface area contributed by atoms with E-state index in [4.69, 9.17) is 4.74 Å². The van der Waals surface area contributed by atoms with Crippen LogP contribution in [0, 0.1) is 0 Å². The highest BCUT2D eigenvalue weighted by atomic mass is 32.2. The second-order valence-electron chi connectivity index (χ2n) is 4.99. The van der Waals surface area contributed by atoms with Crippen LogP contribution in [0.1, 0.15) is 18.7 Å². The monoisotopic (exact) mass is 339 g/mol. The molecule has 8 nitrogen and oxygen atoms in total. The number of amides is 1. The molecular formula is C14H21N5O3S. The van der Waals surface area contributed by atoms with E-state index >= 15 is 0 Å². The Labute approximate surface area is 138 Å². The van der Waals surface area contributed by atoms with Gasteiger partial charge in [-0.1, -0.05) is 0 Å². The highest BCUT2D eigenvalue weighted by Gasteiger charge is 2.13. The van der Waals surface area contributed by atoms with Gasteiger partial charge in [-0.05, 0) is 24.5 Å². The van der Waals surface area contributed by atoms with Crippen molar-refractivity contribution in [1.29, 1.82) is 0 Å². The lowest BCUT2D eigenvalue weighted by molar-refractivity contribution is -0.122. The number of hydrogen-bond acceptors (Lipinski definition) is 7. The molecule has 0 aliphatic rings. The number of ether oxygens (including phenoxy) is 1. The van der Waals surface area contributed by atoms with Gasteiger partial charge >= 0.3 is 0 Å². The van der Waals surface area contributed by atoms with Crippen LogP contribution in [0.3, 0.4) is 0 Å². The molecule has 1 amide bonds. The number of nitrogens with one attached hydrogen (secondary N) is 1. The van der Waals surface area contributed by atoms with Crippen LogP contribution in [0.5, 0.6) is 5.88 Å². The molecule has 0 saturated heterocycles. The first-order chi connectivity index (χ1) is 11.2. The van der Waals surface area contributed by atoms with Gasteiger partial charge in [0.05, 0.1) is 19.8 Å². The van der Waals surface area contributed by atoms with E-state index in [-0.39, 0.29) is 25.0 Å². The zero-order valence-corrected chi connectivity index (χ0v) is 14.0. The van der Waals surface area contributed by atoms with Gasteiger partial charge in [0.15, 0.2) is 11.5 Å². The Hall–Kier alpha value is -1.87. The van der Waals surface area contributed by atoms with Crippen LogP contribution in [0.25, 0.3) is 5.65 Å². The minimum absolute atomic E-state index is 0.0566. The predicted octanol–water partition coefficient (Wildman–Crippen LogP) is 0.296. The molecule has 2 heterocycles. The molecule has 23 heavy (non-hydrogen) atoms. The summed E-state index contributed by atoms with van der Waals surface area (Å²) < 4.78 is 6.65. The topological polar surface area (TPSA) is 102 Å². The molecule has 0 aliphatic heterocycles. The number of aliphatic hydroxyl groups is 1. The molecule has 2 rings (SSSR count). The summed E-state index contributed by atoms with van der Waals surface area (Å²) in [6.07, 6.45) is 3.41. The van der Waals surface area contributed by atoms with Gasteiger partial charge in [-0.25, -0.2) is 0 Å². The molecule has 0 aromatic carbocycles. The molecule has 0 spiro atoms. The Morgan fingerprint density at radius 3 is 3.00 bits per heavy atom. The molecule has 9 heteroatoms. The highest BCUT2D eigenvalue weighted by molar-refractivity contribution is 7.98. The summed E-state index contributed by atoms with van der Waals surface area (Å²) in [5.74, 6) is 1.83. The van der Waals surface area contributed by atoms with Crippen molar-refractivity contribution in [1.82, 2.24) is 25.1 Å². The zero-order valence-electron chi connectivity index (χ0n) is 13.2. The van der Waals surface area contributed by atoms with Crippen LogP contribution in [-0.4, -0.2) is 62.6 Å². The minimum Gasteiger partial charge on any atom is -0.480 e. The van der Waals surface area contributed by atoms with Gasteiger partial charge in [-0.3, -0.25) is 4.79 Å². The molecule has 0 bridgehead atoms. The van der Waals surface area contributed by atoms with Gasteiger partial charge < -0.3 is 15.2 Å². The maximum atomic E-state index is 12.0. The van der Waals surface area contributed by atoms with E-state index in [1.807, 2.05) is 6.26 Å². The number of carbonyl (C=O) groups is 1. The summed E-state index contributed by atoms with van der Waals surface area (Å²) in [7, 11) is 1.54. The van der Waals surface area contributed by atoms with Gasteiger partial charge in [-0.2, -0.15) is 16.3 Å². The Balaban J connectivity index is 1.93. The molecular weight excluding hydrogens is 318 g/mol. The smallest absolute Gasteiger partial charge is 0.231 e. The molecule has 0 saturated carbocycles. The summed E-state index contributed by atoms with van der Waals surface area (Å²) in [4.78, 5) is 12.0. The summed E-state index contributed by atoms with van der Waals surface area (Å²) in [6.45, 7) is -0.0566. The summed E-state index contributed by atoms with van der Waals surface area (Å²) in [6, 6.07) is 3.26. The van der Waals surface area contributed by atoms with Crippen molar-refractivity contribution in [3.8, 4) is 5.88 Å². The quantitative estimate of drug-likeness (QED) is 0.677. The molecule has 126 valence electrons. The molecule has 2 N–H and O–H groups in total. The Kier molecular flexibility index (Phi) is 6.60. The van der Waals surface area contributed by atoms with Crippen molar-refractivity contribution in [2.45, 2.75) is 25.3 Å². The van der Waals surface area contributed by atoms with Crippen LogP contribution in [0.2, 0.25) is 0 Å². The summed E-state index contributed by atoms with van der Waals surface area (Å²) >= 11 is 1.68. The van der Waals surface area contributed by atoms with Crippen LogP contribution < -0.4 is 10.1 Å². The van der Waals surface area contributed by atoms with E-state index in [9.17, 15) is 9.90 Å². The first-order valence-electron chi connectivity index (χ1n) is 7.32. The van der Waals surface area contributed by atoms with E-state index in [1.54, 1.807) is 28.4 Å². The molecule has 2 aromatic rings. The molecule has 0 fully saturated rings. The number of methoxy groups -OCH3 is 1. The second kappa shape index (κ2) is 8.68. The van der Waals surface area contributed by atoms with Crippen molar-refractivity contribution >= 4 is 23.3 Å². The number of nitrogens with zero attached hydrogens (tertiary/aromatic N) is 4. The van der Waals surface area contributed by atoms with E-state index in [0.29, 0.717) is 23.8 Å².